The second kappa shape index (κ2) is 38.6. The minimum atomic E-state index is -3.42. The van der Waals surface area contributed by atoms with Crippen molar-refractivity contribution < 1.29 is 115 Å². The van der Waals surface area contributed by atoms with Gasteiger partial charge < -0.3 is 47.7 Å². The van der Waals surface area contributed by atoms with Gasteiger partial charge in [-0.1, -0.05) is 25.1 Å². The van der Waals surface area contributed by atoms with Gasteiger partial charge in [0.15, 0.2) is 64.2 Å². The lowest BCUT2D eigenvalue weighted by Gasteiger charge is -2.26. The lowest BCUT2D eigenvalue weighted by Crippen LogP contribution is -2.45. The molecule has 2 N–H and O–H groups in total. The second-order valence-corrected chi connectivity index (χ2v) is 34.7. The molecule has 0 unspecified atom stereocenters. The smallest absolute Gasteiger partial charge is 0.412 e. The number of amides is 4. The third-order valence-electron chi connectivity index (χ3n) is 19.1. The Morgan fingerprint density at radius 1 is 0.587 bits per heavy atom. The van der Waals surface area contributed by atoms with Gasteiger partial charge >= 0.3 is 30.0 Å². The molecule has 3 aromatic carbocycles. The number of hydrogen-bond donors (Lipinski definition) is 2. The van der Waals surface area contributed by atoms with E-state index in [9.17, 15) is 67.2 Å². The average molecular weight is 1530 g/mol. The standard InChI is InChI=1S/C25H36FNO8S.C22H29FN2O6S.C17H23FO4S.C9H16O4/c1-4-34-24(29)27(18(2)23(28)32-3)17-33-12-5-13-36(30,31)16-25(10-11-25)20-8-9-21(26)22(14-20)35-15-19-6-7-19;1-15-20(26)24-21(27)25(15)14-30-9-2-10-32(28,29)13-22(7-8-22)17-5-6-18(23)19(11-17)31-12-16-3-4-16;18-15-5-4-14(10-16(15)22-11-13-2-3-13)17(6-7-17)12-23(20,21)9-1-8-19;1-4-12-8(10)6-7(3)9(11)13-5-2/h8-9,14,18-19H,4-7,10-13,15-17H2,1-3H3;5-6,11,15-16H,2-4,7-10,12-14H2,1H3,(H,24,26,27);4-5,10,13,19H,1-3,6-9,11-12H2;7H,4-6H2,1-3H3/t18-;15-;;7-/m00.1/s1. The largest absolute Gasteiger partial charge is 0.490 e. The van der Waals surface area contributed by atoms with Crippen LogP contribution in [-0.4, -0.2) is 203 Å². The van der Waals surface area contributed by atoms with Crippen LogP contribution in [0.25, 0.3) is 0 Å². The number of esters is 3. The maximum absolute atomic E-state index is 14.2. The number of aliphatic hydroxyl groups excluding tert-OH is 1. The first-order valence-corrected chi connectivity index (χ1v) is 41.4. The molecule has 1 heterocycles. The fourth-order valence-corrected chi connectivity index (χ4v) is 17.6. The molecule has 1 aliphatic heterocycles. The Morgan fingerprint density at radius 3 is 1.33 bits per heavy atom. The van der Waals surface area contributed by atoms with Crippen LogP contribution in [0.4, 0.5) is 22.8 Å². The van der Waals surface area contributed by atoms with E-state index in [-0.39, 0.29) is 135 Å². The maximum Gasteiger partial charge on any atom is 0.412 e. The molecule has 31 heteroatoms. The van der Waals surface area contributed by atoms with E-state index in [0.717, 1.165) is 98.6 Å². The fraction of sp³-hybridized carbons (Fsp3) is 0.671. The summed E-state index contributed by atoms with van der Waals surface area (Å²) in [6.07, 6.45) is 11.3. The number of aliphatic hydroxyl groups is 1. The van der Waals surface area contributed by atoms with Crippen LogP contribution in [0.5, 0.6) is 17.2 Å². The Bertz CT molecular complexity index is 3750. The molecule has 7 aliphatic rings. The molecule has 104 heavy (non-hydrogen) atoms. The van der Waals surface area contributed by atoms with Crippen molar-refractivity contribution in [2.75, 3.05) is 115 Å². The number of nitrogens with zero attached hydrogens (tertiary/aromatic N) is 2. The van der Waals surface area contributed by atoms with Gasteiger partial charge in [-0.2, -0.15) is 0 Å². The van der Waals surface area contributed by atoms with E-state index in [1.165, 1.54) is 37.1 Å². The third kappa shape index (κ3) is 26.9. The minimum Gasteiger partial charge on any atom is -0.490 e. The zero-order valence-electron chi connectivity index (χ0n) is 60.8. The first-order valence-electron chi connectivity index (χ1n) is 36.0. The Morgan fingerprint density at radius 2 is 0.981 bits per heavy atom. The maximum atomic E-state index is 14.2. The summed E-state index contributed by atoms with van der Waals surface area (Å²) < 4.78 is 164. The van der Waals surface area contributed by atoms with Crippen molar-refractivity contribution in [3.05, 3.63) is 88.7 Å². The topological polar surface area (TPSA) is 327 Å². The lowest BCUT2D eigenvalue weighted by atomic mass is 9.98. The van der Waals surface area contributed by atoms with Crippen LogP contribution in [-0.2, 0) is 93.4 Å². The minimum absolute atomic E-state index is 0.00250. The van der Waals surface area contributed by atoms with Gasteiger partial charge in [0.1, 0.15) is 25.5 Å². The number of halogens is 3. The van der Waals surface area contributed by atoms with Crippen LogP contribution >= 0.6 is 0 Å². The summed E-state index contributed by atoms with van der Waals surface area (Å²) in [5, 5.41) is 11.0. The Balaban J connectivity index is 0.000000204. The van der Waals surface area contributed by atoms with Gasteiger partial charge in [-0.05, 0) is 202 Å². The number of hydrogen-bond acceptors (Lipinski definition) is 22. The van der Waals surface area contributed by atoms with Crippen LogP contribution < -0.4 is 19.5 Å². The number of methoxy groups -OCH3 is 1. The van der Waals surface area contributed by atoms with Gasteiger partial charge in [0.05, 0.1) is 93.6 Å². The van der Waals surface area contributed by atoms with E-state index >= 15 is 0 Å². The van der Waals surface area contributed by atoms with Gasteiger partial charge in [-0.15, -0.1) is 0 Å². The molecule has 10 rings (SSSR count). The molecule has 25 nitrogen and oxygen atoms in total. The highest BCUT2D eigenvalue weighted by Gasteiger charge is 2.50. The Hall–Kier alpha value is -6.80. The van der Waals surface area contributed by atoms with E-state index in [0.29, 0.717) is 50.8 Å². The Kier molecular flexibility index (Phi) is 31.4. The van der Waals surface area contributed by atoms with Crippen molar-refractivity contribution in [1.29, 1.82) is 0 Å². The molecule has 0 bridgehead atoms. The van der Waals surface area contributed by atoms with Crippen LogP contribution in [0.1, 0.15) is 161 Å². The molecular formula is C73H104F3N3O22S3. The van der Waals surface area contributed by atoms with Crippen molar-refractivity contribution >= 4 is 65.5 Å². The summed E-state index contributed by atoms with van der Waals surface area (Å²) in [6.45, 7) is 12.0. The number of ether oxygens (including phenoxy) is 9. The lowest BCUT2D eigenvalue weighted by molar-refractivity contribution is -0.154. The molecule has 1 saturated heterocycles. The van der Waals surface area contributed by atoms with E-state index in [1.54, 1.807) is 71.0 Å². The quantitative estimate of drug-likeness (QED) is 0.0175. The molecule has 3 atom stereocenters. The number of imide groups is 1. The highest BCUT2D eigenvalue weighted by molar-refractivity contribution is 7.92. The number of benzene rings is 3. The predicted molar refractivity (Wildman–Crippen MR) is 377 cm³/mol. The zero-order chi connectivity index (χ0) is 76.0. The van der Waals surface area contributed by atoms with E-state index in [1.807, 2.05) is 0 Å². The van der Waals surface area contributed by atoms with Crippen molar-refractivity contribution in [1.82, 2.24) is 15.1 Å². The fourth-order valence-electron chi connectivity index (χ4n) is 11.6. The van der Waals surface area contributed by atoms with Gasteiger partial charge in [0, 0.05) is 36.1 Å². The predicted octanol–water partition coefficient (Wildman–Crippen LogP) is 9.39. The van der Waals surface area contributed by atoms with Crippen molar-refractivity contribution in [2.45, 2.75) is 173 Å². The number of rotatable bonds is 41. The van der Waals surface area contributed by atoms with Gasteiger partial charge in [-0.3, -0.25) is 29.5 Å². The summed E-state index contributed by atoms with van der Waals surface area (Å²) in [5.41, 5.74) is 1.05. The first kappa shape index (κ1) is 84.5. The highest BCUT2D eigenvalue weighted by atomic mass is 32.2. The molecule has 582 valence electrons. The SMILES string of the molecule is CCOC(=O)C[C@@H](C)C(=O)OCC.CCOC(=O)N(COCCCS(=O)(=O)CC1(c2ccc(F)c(OCC3CC3)c2)CC1)[C@@H](C)C(=O)OC.C[C@H]1C(=O)NC(=O)N1COCCCS(=O)(=O)CC1(c2ccc(F)c(OCC3CC3)c2)CC1.O=S(=O)(CCCO)CC1(c2ccc(F)c(OCC3CC3)c2)CC1. The molecule has 0 spiro atoms. The van der Waals surface area contributed by atoms with Crippen molar-refractivity contribution in [2.24, 2.45) is 23.7 Å². The zero-order valence-corrected chi connectivity index (χ0v) is 63.2. The van der Waals surface area contributed by atoms with Crippen LogP contribution in [0.3, 0.4) is 0 Å². The highest BCUT2D eigenvalue weighted by Crippen LogP contribution is 2.53. The number of nitrogens with one attached hydrogen (secondary N) is 1. The van der Waals surface area contributed by atoms with Crippen molar-refractivity contribution in [3.8, 4) is 17.2 Å². The van der Waals surface area contributed by atoms with Crippen LogP contribution in [0, 0.1) is 41.1 Å². The van der Waals surface area contributed by atoms with Gasteiger partial charge in [0.2, 0.25) is 0 Å². The molecular weight excluding hydrogens is 1420 g/mol. The average Bonchev–Trinajstić information content (AvgIpc) is 1.61. The van der Waals surface area contributed by atoms with E-state index in [2.05, 4.69) is 10.1 Å². The molecule has 6 saturated carbocycles. The summed E-state index contributed by atoms with van der Waals surface area (Å²) in [4.78, 5) is 71.3. The molecule has 0 aromatic heterocycles. The van der Waals surface area contributed by atoms with E-state index < -0.39 is 99.3 Å². The number of urea groups is 1. The molecule has 0 radical (unpaired) electrons. The molecule has 7 fully saturated rings. The Labute approximate surface area is 609 Å². The molecule has 6 aliphatic carbocycles. The first-order chi connectivity index (χ1) is 49.3. The number of sulfone groups is 3. The summed E-state index contributed by atoms with van der Waals surface area (Å²) >= 11 is 0. The second-order valence-electron chi connectivity index (χ2n) is 28.1. The number of carbonyl (C=O) groups is 6. The van der Waals surface area contributed by atoms with Crippen molar-refractivity contribution in [3.63, 3.8) is 0 Å². The summed E-state index contributed by atoms with van der Waals surface area (Å²) in [6, 6.07) is 12.0. The third-order valence-corrected chi connectivity index (χ3v) is 24.8. The summed E-state index contributed by atoms with van der Waals surface area (Å²) in [7, 11) is -8.78. The number of carbonyl (C=O) groups excluding carboxylic acids is 6. The normalized spacial score (nSPS) is 18.6. The van der Waals surface area contributed by atoms with Gasteiger partial charge in [-0.25, -0.2) is 52.8 Å². The molecule has 4 amide bonds. The molecule has 3 aromatic rings. The van der Waals surface area contributed by atoms with Crippen LogP contribution in [0.15, 0.2) is 54.6 Å². The van der Waals surface area contributed by atoms with Gasteiger partial charge in [0.25, 0.3) is 5.91 Å². The summed E-state index contributed by atoms with van der Waals surface area (Å²) in [5.74, 6) is -1.34. The van der Waals surface area contributed by atoms with E-state index in [4.69, 9.17) is 43.0 Å². The monoisotopic (exact) mass is 1530 g/mol. The van der Waals surface area contributed by atoms with Crippen LogP contribution in [0.2, 0.25) is 0 Å².